The van der Waals surface area contributed by atoms with Gasteiger partial charge in [0.1, 0.15) is 0 Å². The van der Waals surface area contributed by atoms with E-state index in [2.05, 4.69) is 19.2 Å². The van der Waals surface area contributed by atoms with Crippen molar-refractivity contribution in [2.45, 2.75) is 52.0 Å². The van der Waals surface area contributed by atoms with Gasteiger partial charge in [-0.3, -0.25) is 0 Å². The Labute approximate surface area is 75.9 Å². The lowest BCUT2D eigenvalue weighted by Gasteiger charge is -2.14. The zero-order valence-electron chi connectivity index (χ0n) is 8.40. The van der Waals surface area contributed by atoms with Gasteiger partial charge in [0.05, 0.1) is 0 Å². The molecule has 0 heterocycles. The monoisotopic (exact) mass is 167 g/mol. The number of hydrogen-bond acceptors (Lipinski definition) is 1. The maximum absolute atomic E-state index is 3.68. The van der Waals surface area contributed by atoms with Crippen LogP contribution in [0.2, 0.25) is 0 Å². The van der Waals surface area contributed by atoms with Crippen molar-refractivity contribution in [2.24, 2.45) is 11.3 Å². The van der Waals surface area contributed by atoms with Crippen LogP contribution in [0, 0.1) is 11.3 Å². The van der Waals surface area contributed by atoms with Crippen LogP contribution in [0.15, 0.2) is 0 Å². The first-order chi connectivity index (χ1) is 5.70. The summed E-state index contributed by atoms with van der Waals surface area (Å²) < 4.78 is 0. The van der Waals surface area contributed by atoms with E-state index in [4.69, 9.17) is 0 Å². The molecule has 0 amide bonds. The van der Waals surface area contributed by atoms with E-state index in [0.717, 1.165) is 17.4 Å². The first-order valence-corrected chi connectivity index (χ1v) is 5.44. The fourth-order valence-electron chi connectivity index (χ4n) is 2.41. The summed E-state index contributed by atoms with van der Waals surface area (Å²) in [5.41, 5.74) is 0.842. The van der Waals surface area contributed by atoms with Crippen molar-refractivity contribution in [2.75, 3.05) is 6.54 Å². The first-order valence-electron chi connectivity index (χ1n) is 5.44. The van der Waals surface area contributed by atoms with Crippen molar-refractivity contribution in [1.29, 1.82) is 0 Å². The molecule has 2 fully saturated rings. The van der Waals surface area contributed by atoms with E-state index in [1.54, 1.807) is 0 Å². The Morgan fingerprint density at radius 2 is 2.08 bits per heavy atom. The summed E-state index contributed by atoms with van der Waals surface area (Å²) in [6.07, 6.45) is 7.45. The average molecular weight is 167 g/mol. The molecule has 1 spiro atoms. The van der Waals surface area contributed by atoms with Crippen molar-refractivity contribution in [3.63, 3.8) is 0 Å². The van der Waals surface area contributed by atoms with Gasteiger partial charge in [0.15, 0.2) is 0 Å². The minimum Gasteiger partial charge on any atom is -0.314 e. The highest BCUT2D eigenvalue weighted by molar-refractivity contribution is 5.01. The summed E-state index contributed by atoms with van der Waals surface area (Å²) in [5.74, 6) is 0.806. The van der Waals surface area contributed by atoms with Crippen molar-refractivity contribution in [3.8, 4) is 0 Å². The number of rotatable bonds is 3. The second kappa shape index (κ2) is 3.02. The lowest BCUT2D eigenvalue weighted by molar-refractivity contribution is 0.444. The average Bonchev–Trinajstić information content (AvgIpc) is 2.60. The second-order valence-corrected chi connectivity index (χ2v) is 5.24. The lowest BCUT2D eigenvalue weighted by Crippen LogP contribution is -2.30. The molecule has 0 bridgehead atoms. The van der Waals surface area contributed by atoms with Crippen LogP contribution < -0.4 is 5.32 Å². The van der Waals surface area contributed by atoms with E-state index in [-0.39, 0.29) is 0 Å². The SMILES string of the molecule is CC(C)CN[C@@H]1CCC2(CC2)C1. The van der Waals surface area contributed by atoms with Gasteiger partial charge in [-0.2, -0.15) is 0 Å². The molecule has 0 radical (unpaired) electrons. The van der Waals surface area contributed by atoms with Gasteiger partial charge < -0.3 is 5.32 Å². The molecule has 1 heteroatoms. The maximum atomic E-state index is 3.68. The third-order valence-electron chi connectivity index (χ3n) is 3.47. The molecule has 2 saturated carbocycles. The Hall–Kier alpha value is -0.0400. The Morgan fingerprint density at radius 1 is 1.33 bits per heavy atom. The summed E-state index contributed by atoms with van der Waals surface area (Å²) in [4.78, 5) is 0. The van der Waals surface area contributed by atoms with Gasteiger partial charge in [-0.15, -0.1) is 0 Å². The van der Waals surface area contributed by atoms with E-state index in [0.29, 0.717) is 0 Å². The van der Waals surface area contributed by atoms with Gasteiger partial charge in [-0.25, -0.2) is 0 Å². The predicted molar refractivity (Wildman–Crippen MR) is 52.1 cm³/mol. The molecule has 1 atom stereocenters. The summed E-state index contributed by atoms with van der Waals surface area (Å²) >= 11 is 0. The van der Waals surface area contributed by atoms with Gasteiger partial charge in [0.2, 0.25) is 0 Å². The smallest absolute Gasteiger partial charge is 0.00726 e. The molecule has 0 saturated heterocycles. The normalized spacial score (nSPS) is 31.8. The lowest BCUT2D eigenvalue weighted by atomic mass is 10.1. The highest BCUT2D eigenvalue weighted by Gasteiger charge is 2.47. The predicted octanol–water partition coefficient (Wildman–Crippen LogP) is 2.56. The molecule has 2 aliphatic rings. The van der Waals surface area contributed by atoms with E-state index >= 15 is 0 Å². The van der Waals surface area contributed by atoms with Crippen LogP contribution in [-0.2, 0) is 0 Å². The Bertz CT molecular complexity index is 158. The Morgan fingerprint density at radius 3 is 2.58 bits per heavy atom. The molecule has 0 unspecified atom stereocenters. The van der Waals surface area contributed by atoms with E-state index in [1.807, 2.05) is 0 Å². The molecular weight excluding hydrogens is 146 g/mol. The molecule has 12 heavy (non-hydrogen) atoms. The van der Waals surface area contributed by atoms with Gasteiger partial charge in [0, 0.05) is 6.04 Å². The molecule has 1 nitrogen and oxygen atoms in total. The molecule has 1 N–H and O–H groups in total. The first kappa shape index (κ1) is 8.55. The third-order valence-corrected chi connectivity index (χ3v) is 3.47. The largest absolute Gasteiger partial charge is 0.314 e. The minimum absolute atomic E-state index is 0.806. The second-order valence-electron chi connectivity index (χ2n) is 5.24. The van der Waals surface area contributed by atoms with Crippen molar-refractivity contribution in [3.05, 3.63) is 0 Å². The quantitative estimate of drug-likeness (QED) is 0.681. The molecule has 0 aliphatic heterocycles. The molecule has 0 aromatic heterocycles. The zero-order chi connectivity index (χ0) is 8.60. The molecule has 0 aromatic carbocycles. The van der Waals surface area contributed by atoms with Crippen molar-refractivity contribution >= 4 is 0 Å². The van der Waals surface area contributed by atoms with Crippen LogP contribution in [0.5, 0.6) is 0 Å². The van der Waals surface area contributed by atoms with E-state index in [1.165, 1.54) is 38.6 Å². The molecular formula is C11H21N. The Balaban J connectivity index is 1.70. The molecule has 2 aliphatic carbocycles. The van der Waals surface area contributed by atoms with E-state index < -0.39 is 0 Å². The summed E-state index contributed by atoms with van der Waals surface area (Å²) in [7, 11) is 0. The van der Waals surface area contributed by atoms with E-state index in [9.17, 15) is 0 Å². The van der Waals surface area contributed by atoms with Crippen LogP contribution in [0.1, 0.15) is 46.0 Å². The van der Waals surface area contributed by atoms with Gasteiger partial charge in [0.25, 0.3) is 0 Å². The van der Waals surface area contributed by atoms with Crippen LogP contribution in [0.3, 0.4) is 0 Å². The zero-order valence-corrected chi connectivity index (χ0v) is 8.40. The highest BCUT2D eigenvalue weighted by atomic mass is 14.9. The number of hydrogen-bond donors (Lipinski definition) is 1. The van der Waals surface area contributed by atoms with Crippen LogP contribution in [0.25, 0.3) is 0 Å². The topological polar surface area (TPSA) is 12.0 Å². The molecule has 0 aromatic rings. The van der Waals surface area contributed by atoms with Gasteiger partial charge in [-0.1, -0.05) is 13.8 Å². The van der Waals surface area contributed by atoms with Crippen LogP contribution >= 0.6 is 0 Å². The molecule has 2 rings (SSSR count). The molecule has 70 valence electrons. The fraction of sp³-hybridized carbons (Fsp3) is 1.00. The van der Waals surface area contributed by atoms with Crippen LogP contribution in [-0.4, -0.2) is 12.6 Å². The summed E-state index contributed by atoms with van der Waals surface area (Å²) in [6, 6.07) is 0.856. The van der Waals surface area contributed by atoms with Crippen molar-refractivity contribution in [1.82, 2.24) is 5.32 Å². The summed E-state index contributed by atoms with van der Waals surface area (Å²) in [6.45, 7) is 5.78. The van der Waals surface area contributed by atoms with Gasteiger partial charge >= 0.3 is 0 Å². The third kappa shape index (κ3) is 1.82. The maximum Gasteiger partial charge on any atom is 0.00726 e. The van der Waals surface area contributed by atoms with Gasteiger partial charge in [-0.05, 0) is 50.0 Å². The van der Waals surface area contributed by atoms with Crippen LogP contribution in [0.4, 0.5) is 0 Å². The fourth-order valence-corrected chi connectivity index (χ4v) is 2.41. The standard InChI is InChI=1S/C11H21N/c1-9(2)8-12-10-3-4-11(7-10)5-6-11/h9-10,12H,3-8H2,1-2H3/t10-/m1/s1. The minimum atomic E-state index is 0.806. The van der Waals surface area contributed by atoms with Crippen molar-refractivity contribution < 1.29 is 0 Å². The highest BCUT2D eigenvalue weighted by Crippen LogP contribution is 2.57. The number of nitrogens with one attached hydrogen (secondary N) is 1. The summed E-state index contributed by atoms with van der Waals surface area (Å²) in [5, 5.41) is 3.68. The Kier molecular flexibility index (Phi) is 2.16.